The van der Waals surface area contributed by atoms with Gasteiger partial charge in [0.25, 0.3) is 0 Å². The van der Waals surface area contributed by atoms with Crippen LogP contribution in [0, 0.1) is 0 Å². The van der Waals surface area contributed by atoms with Crippen molar-refractivity contribution in [2.75, 3.05) is 13.2 Å². The molecule has 0 aliphatic carbocycles. The summed E-state index contributed by atoms with van der Waals surface area (Å²) in [4.78, 5) is 14.8. The molecule has 0 atom stereocenters. The Bertz CT molecular complexity index is 295. The molecule has 0 unspecified atom stereocenters. The minimum atomic E-state index is -0.0309. The molecule has 0 radical (unpaired) electrons. The van der Waals surface area contributed by atoms with Crippen LogP contribution in [-0.4, -0.2) is 29.1 Å². The molecule has 4 nitrogen and oxygen atoms in total. The van der Waals surface area contributed by atoms with Gasteiger partial charge in [-0.15, -0.1) is 0 Å². The maximum absolute atomic E-state index is 10.8. The van der Waals surface area contributed by atoms with Crippen molar-refractivity contribution in [3.63, 3.8) is 0 Å². The lowest BCUT2D eigenvalue weighted by Gasteiger charge is -2.03. The Morgan fingerprint density at radius 2 is 2.36 bits per heavy atom. The quantitative estimate of drug-likeness (QED) is 0.746. The fraction of sp³-hybridized carbons (Fsp3) is 0.400. The van der Waals surface area contributed by atoms with E-state index < -0.39 is 0 Å². The van der Waals surface area contributed by atoms with Gasteiger partial charge in [-0.1, -0.05) is 6.07 Å². The lowest BCUT2D eigenvalue weighted by atomic mass is 10.2. The van der Waals surface area contributed by atoms with Gasteiger partial charge in [-0.3, -0.25) is 4.79 Å². The first-order valence-electron chi connectivity index (χ1n) is 4.40. The van der Waals surface area contributed by atoms with E-state index in [0.717, 1.165) is 5.56 Å². The zero-order valence-corrected chi connectivity index (χ0v) is 8.06. The van der Waals surface area contributed by atoms with Crippen LogP contribution in [-0.2, 0) is 11.2 Å². The van der Waals surface area contributed by atoms with E-state index >= 15 is 0 Å². The molecule has 0 saturated carbocycles. The number of aliphatic hydroxyl groups is 1. The van der Waals surface area contributed by atoms with Crippen LogP contribution in [0.25, 0.3) is 0 Å². The second-order valence-electron chi connectivity index (χ2n) is 2.96. The number of aliphatic hydroxyl groups excluding tert-OH is 1. The Kier molecular flexibility index (Phi) is 4.07. The van der Waals surface area contributed by atoms with E-state index in [9.17, 15) is 4.79 Å². The van der Waals surface area contributed by atoms with Crippen molar-refractivity contribution in [2.24, 2.45) is 0 Å². The number of hydrogen-bond donors (Lipinski definition) is 1. The predicted octanol–water partition coefficient (Wildman–Crippen LogP) is 0.584. The fourth-order valence-corrected chi connectivity index (χ4v) is 1.04. The van der Waals surface area contributed by atoms with Crippen molar-refractivity contribution < 1.29 is 14.6 Å². The monoisotopic (exact) mass is 195 g/mol. The van der Waals surface area contributed by atoms with Gasteiger partial charge in [-0.05, 0) is 12.5 Å². The number of carbonyl (C=O) groups is 1. The molecule has 1 aromatic heterocycles. The molecular formula is C10H13NO3. The van der Waals surface area contributed by atoms with E-state index in [4.69, 9.17) is 9.84 Å². The minimum Gasteiger partial charge on any atom is -0.475 e. The summed E-state index contributed by atoms with van der Waals surface area (Å²) in [5, 5.41) is 8.50. The molecule has 0 fully saturated rings. The van der Waals surface area contributed by atoms with Gasteiger partial charge in [-0.2, -0.15) is 0 Å². The normalized spacial score (nSPS) is 9.86. The number of carbonyl (C=O) groups excluding carboxylic acids is 1. The molecule has 0 bridgehead atoms. The Hall–Kier alpha value is -1.42. The number of ketones is 1. The van der Waals surface area contributed by atoms with Crippen molar-refractivity contribution in [3.8, 4) is 5.88 Å². The number of nitrogens with zero attached hydrogens (tertiary/aromatic N) is 1. The van der Waals surface area contributed by atoms with Crippen LogP contribution in [0.4, 0.5) is 0 Å². The van der Waals surface area contributed by atoms with Gasteiger partial charge in [0.2, 0.25) is 5.88 Å². The average molecular weight is 195 g/mol. The highest BCUT2D eigenvalue weighted by molar-refractivity contribution is 5.78. The van der Waals surface area contributed by atoms with Crippen molar-refractivity contribution in [2.45, 2.75) is 13.3 Å². The molecule has 1 rings (SSSR count). The van der Waals surface area contributed by atoms with Crippen LogP contribution in [0.2, 0.25) is 0 Å². The van der Waals surface area contributed by atoms with Gasteiger partial charge in [0, 0.05) is 18.7 Å². The summed E-state index contributed by atoms with van der Waals surface area (Å²) < 4.78 is 5.07. The summed E-state index contributed by atoms with van der Waals surface area (Å²) in [5.41, 5.74) is 0.869. The second-order valence-corrected chi connectivity index (χ2v) is 2.96. The molecule has 0 aromatic carbocycles. The average Bonchev–Trinajstić information content (AvgIpc) is 2.16. The smallest absolute Gasteiger partial charge is 0.213 e. The zero-order chi connectivity index (χ0) is 10.4. The molecule has 1 aromatic rings. The van der Waals surface area contributed by atoms with E-state index in [-0.39, 0.29) is 19.0 Å². The Morgan fingerprint density at radius 3 is 2.86 bits per heavy atom. The standard InChI is InChI=1S/C10H13NO3/c1-8(13)6-9-2-3-10(11-7-9)14-5-4-12/h2-3,7,12H,4-6H2,1H3. The van der Waals surface area contributed by atoms with Crippen LogP contribution in [0.3, 0.4) is 0 Å². The van der Waals surface area contributed by atoms with Crippen molar-refractivity contribution >= 4 is 5.78 Å². The van der Waals surface area contributed by atoms with Crippen LogP contribution < -0.4 is 4.74 Å². The van der Waals surface area contributed by atoms with Gasteiger partial charge in [0.1, 0.15) is 12.4 Å². The summed E-state index contributed by atoms with van der Waals surface area (Å²) >= 11 is 0. The number of rotatable bonds is 5. The molecule has 76 valence electrons. The summed E-state index contributed by atoms with van der Waals surface area (Å²) in [6, 6.07) is 3.48. The molecule has 1 N–H and O–H groups in total. The molecule has 0 spiro atoms. The van der Waals surface area contributed by atoms with Crippen molar-refractivity contribution in [3.05, 3.63) is 23.9 Å². The van der Waals surface area contributed by atoms with Gasteiger partial charge in [0.05, 0.1) is 6.61 Å². The third-order valence-electron chi connectivity index (χ3n) is 1.59. The molecule has 4 heteroatoms. The van der Waals surface area contributed by atoms with Gasteiger partial charge in [-0.25, -0.2) is 4.98 Å². The third-order valence-corrected chi connectivity index (χ3v) is 1.59. The highest BCUT2D eigenvalue weighted by Crippen LogP contribution is 2.07. The van der Waals surface area contributed by atoms with E-state index in [2.05, 4.69) is 4.98 Å². The van der Waals surface area contributed by atoms with Crippen LogP contribution in [0.1, 0.15) is 12.5 Å². The lowest BCUT2D eigenvalue weighted by molar-refractivity contribution is -0.116. The first-order valence-corrected chi connectivity index (χ1v) is 4.40. The number of pyridine rings is 1. The van der Waals surface area contributed by atoms with Crippen LogP contribution in [0.15, 0.2) is 18.3 Å². The molecule has 14 heavy (non-hydrogen) atoms. The van der Waals surface area contributed by atoms with Gasteiger partial charge >= 0.3 is 0 Å². The highest BCUT2D eigenvalue weighted by Gasteiger charge is 1.99. The van der Waals surface area contributed by atoms with Crippen LogP contribution >= 0.6 is 0 Å². The fourth-order valence-electron chi connectivity index (χ4n) is 1.04. The summed E-state index contributed by atoms with van der Waals surface area (Å²) in [7, 11) is 0. The van der Waals surface area contributed by atoms with E-state index in [1.54, 1.807) is 18.3 Å². The van der Waals surface area contributed by atoms with E-state index in [1.807, 2.05) is 0 Å². The molecule has 0 saturated heterocycles. The van der Waals surface area contributed by atoms with Gasteiger partial charge < -0.3 is 9.84 Å². The maximum Gasteiger partial charge on any atom is 0.213 e. The highest BCUT2D eigenvalue weighted by atomic mass is 16.5. The topological polar surface area (TPSA) is 59.4 Å². The number of Topliss-reactive ketones (excluding diaryl/α,β-unsaturated/α-hetero) is 1. The van der Waals surface area contributed by atoms with Crippen molar-refractivity contribution in [1.82, 2.24) is 4.98 Å². The maximum atomic E-state index is 10.8. The van der Waals surface area contributed by atoms with Crippen LogP contribution in [0.5, 0.6) is 5.88 Å². The molecule has 0 aliphatic heterocycles. The molecule has 1 heterocycles. The first-order chi connectivity index (χ1) is 6.72. The lowest BCUT2D eigenvalue weighted by Crippen LogP contribution is -2.03. The second kappa shape index (κ2) is 5.34. The number of ether oxygens (including phenoxy) is 1. The Balaban J connectivity index is 2.54. The molecule has 0 amide bonds. The van der Waals surface area contributed by atoms with Crippen molar-refractivity contribution in [1.29, 1.82) is 0 Å². The summed E-state index contributed by atoms with van der Waals surface area (Å²) in [6.45, 7) is 1.74. The molecule has 0 aliphatic rings. The Labute approximate surface area is 82.5 Å². The predicted molar refractivity (Wildman–Crippen MR) is 51.2 cm³/mol. The zero-order valence-electron chi connectivity index (χ0n) is 8.06. The SMILES string of the molecule is CC(=O)Cc1ccc(OCCO)nc1. The van der Waals surface area contributed by atoms with Gasteiger partial charge in [0.15, 0.2) is 0 Å². The summed E-state index contributed by atoms with van der Waals surface area (Å²) in [6.07, 6.45) is 2.00. The number of hydrogen-bond acceptors (Lipinski definition) is 4. The van der Waals surface area contributed by atoms with E-state index in [0.29, 0.717) is 12.3 Å². The Morgan fingerprint density at radius 1 is 1.57 bits per heavy atom. The first kappa shape index (κ1) is 10.7. The molecular weight excluding hydrogens is 182 g/mol. The third kappa shape index (κ3) is 3.53. The van der Waals surface area contributed by atoms with E-state index in [1.165, 1.54) is 6.92 Å². The summed E-state index contributed by atoms with van der Waals surface area (Å²) in [5.74, 6) is 0.571. The number of aromatic nitrogens is 1. The largest absolute Gasteiger partial charge is 0.475 e. The minimum absolute atomic E-state index is 0.0309.